The SMILES string of the molecule is CCCS(=O)(=O)N(CC)Cc1cnn(C)c1. The number of hydrogen-bond acceptors (Lipinski definition) is 3. The number of rotatable bonds is 6. The molecule has 16 heavy (non-hydrogen) atoms. The van der Waals surface area contributed by atoms with E-state index >= 15 is 0 Å². The molecule has 0 saturated carbocycles. The van der Waals surface area contributed by atoms with Crippen molar-refractivity contribution in [2.24, 2.45) is 7.05 Å². The van der Waals surface area contributed by atoms with Gasteiger partial charge in [0.2, 0.25) is 10.0 Å². The van der Waals surface area contributed by atoms with Crippen LogP contribution in [-0.2, 0) is 23.6 Å². The van der Waals surface area contributed by atoms with Crippen molar-refractivity contribution in [2.45, 2.75) is 26.8 Å². The van der Waals surface area contributed by atoms with Crippen LogP contribution in [0.5, 0.6) is 0 Å². The Hall–Kier alpha value is -0.880. The first-order chi connectivity index (χ1) is 7.49. The second-order valence-electron chi connectivity index (χ2n) is 3.76. The molecule has 0 aliphatic rings. The number of aromatic nitrogens is 2. The Kier molecular flexibility index (Phi) is 4.49. The van der Waals surface area contributed by atoms with E-state index < -0.39 is 10.0 Å². The van der Waals surface area contributed by atoms with Crippen molar-refractivity contribution in [1.82, 2.24) is 14.1 Å². The maximum atomic E-state index is 11.9. The van der Waals surface area contributed by atoms with Gasteiger partial charge in [0.25, 0.3) is 0 Å². The highest BCUT2D eigenvalue weighted by Crippen LogP contribution is 2.09. The van der Waals surface area contributed by atoms with Crippen LogP contribution in [0.4, 0.5) is 0 Å². The lowest BCUT2D eigenvalue weighted by atomic mass is 10.3. The highest BCUT2D eigenvalue weighted by Gasteiger charge is 2.19. The summed E-state index contributed by atoms with van der Waals surface area (Å²) in [6, 6.07) is 0. The van der Waals surface area contributed by atoms with Gasteiger partial charge in [-0.25, -0.2) is 8.42 Å². The average Bonchev–Trinajstić information content (AvgIpc) is 2.60. The molecule has 1 rings (SSSR count). The fraction of sp³-hybridized carbons (Fsp3) is 0.700. The monoisotopic (exact) mass is 245 g/mol. The fourth-order valence-corrected chi connectivity index (χ4v) is 3.06. The van der Waals surface area contributed by atoms with E-state index in [0.29, 0.717) is 19.5 Å². The van der Waals surface area contributed by atoms with Crippen LogP contribution in [0.25, 0.3) is 0 Å². The molecule has 92 valence electrons. The fourth-order valence-electron chi connectivity index (χ4n) is 1.55. The Balaban J connectivity index is 2.76. The summed E-state index contributed by atoms with van der Waals surface area (Å²) in [7, 11) is -1.30. The summed E-state index contributed by atoms with van der Waals surface area (Å²) < 4.78 is 26.9. The predicted octanol–water partition coefficient (Wildman–Crippen LogP) is 0.982. The number of aryl methyl sites for hydroxylation is 1. The number of hydrogen-bond donors (Lipinski definition) is 0. The van der Waals surface area contributed by atoms with Gasteiger partial charge in [-0.3, -0.25) is 4.68 Å². The molecule has 0 unspecified atom stereocenters. The smallest absolute Gasteiger partial charge is 0.214 e. The minimum Gasteiger partial charge on any atom is -0.275 e. The van der Waals surface area contributed by atoms with Gasteiger partial charge < -0.3 is 0 Å². The molecule has 1 aromatic rings. The predicted molar refractivity (Wildman–Crippen MR) is 63.4 cm³/mol. The van der Waals surface area contributed by atoms with Crippen molar-refractivity contribution in [3.63, 3.8) is 0 Å². The molecule has 0 radical (unpaired) electrons. The van der Waals surface area contributed by atoms with Gasteiger partial charge in [0.1, 0.15) is 0 Å². The van der Waals surface area contributed by atoms with Crippen LogP contribution in [0.15, 0.2) is 12.4 Å². The highest BCUT2D eigenvalue weighted by atomic mass is 32.2. The van der Waals surface area contributed by atoms with Crippen LogP contribution in [0.3, 0.4) is 0 Å². The average molecular weight is 245 g/mol. The van der Waals surface area contributed by atoms with Crippen molar-refractivity contribution in [1.29, 1.82) is 0 Å². The molecule has 0 amide bonds. The van der Waals surface area contributed by atoms with E-state index in [9.17, 15) is 8.42 Å². The minimum absolute atomic E-state index is 0.209. The second-order valence-corrected chi connectivity index (χ2v) is 5.85. The molecule has 0 fully saturated rings. The van der Waals surface area contributed by atoms with Gasteiger partial charge in [-0.05, 0) is 6.42 Å². The van der Waals surface area contributed by atoms with Crippen LogP contribution >= 0.6 is 0 Å². The molecule has 0 atom stereocenters. The first-order valence-corrected chi connectivity index (χ1v) is 7.05. The molecule has 1 heterocycles. The van der Waals surface area contributed by atoms with Crippen molar-refractivity contribution in [3.8, 4) is 0 Å². The molecule has 0 saturated heterocycles. The van der Waals surface area contributed by atoms with Crippen molar-refractivity contribution in [2.75, 3.05) is 12.3 Å². The molecule has 5 nitrogen and oxygen atoms in total. The zero-order chi connectivity index (χ0) is 12.2. The lowest BCUT2D eigenvalue weighted by Gasteiger charge is -2.19. The lowest BCUT2D eigenvalue weighted by molar-refractivity contribution is 0.423. The zero-order valence-electron chi connectivity index (χ0n) is 10.0. The first kappa shape index (κ1) is 13.2. The summed E-state index contributed by atoms with van der Waals surface area (Å²) >= 11 is 0. The zero-order valence-corrected chi connectivity index (χ0v) is 10.9. The topological polar surface area (TPSA) is 55.2 Å². The Morgan fingerprint density at radius 2 is 2.12 bits per heavy atom. The summed E-state index contributed by atoms with van der Waals surface area (Å²) in [5.41, 5.74) is 0.920. The molecule has 0 spiro atoms. The van der Waals surface area contributed by atoms with Gasteiger partial charge in [-0.1, -0.05) is 13.8 Å². The first-order valence-electron chi connectivity index (χ1n) is 5.45. The largest absolute Gasteiger partial charge is 0.275 e. The molecule has 0 aliphatic carbocycles. The van der Waals surface area contributed by atoms with Gasteiger partial charge in [0, 0.05) is 31.9 Å². The maximum Gasteiger partial charge on any atom is 0.214 e. The maximum absolute atomic E-state index is 11.9. The van der Waals surface area contributed by atoms with Gasteiger partial charge >= 0.3 is 0 Å². The van der Waals surface area contributed by atoms with E-state index in [1.807, 2.05) is 27.1 Å². The minimum atomic E-state index is -3.12. The molecule has 1 aromatic heterocycles. The summed E-state index contributed by atoms with van der Waals surface area (Å²) in [5, 5.41) is 4.03. The summed E-state index contributed by atoms with van der Waals surface area (Å²) in [6.07, 6.45) is 4.18. The quantitative estimate of drug-likeness (QED) is 0.750. The van der Waals surface area contributed by atoms with E-state index in [1.54, 1.807) is 10.9 Å². The Bertz CT molecular complexity index is 425. The van der Waals surface area contributed by atoms with Crippen LogP contribution in [0.2, 0.25) is 0 Å². The summed E-state index contributed by atoms with van der Waals surface area (Å²) in [6.45, 7) is 4.63. The highest BCUT2D eigenvalue weighted by molar-refractivity contribution is 7.89. The third-order valence-corrected chi connectivity index (χ3v) is 4.42. The van der Waals surface area contributed by atoms with E-state index in [-0.39, 0.29) is 5.75 Å². The summed E-state index contributed by atoms with van der Waals surface area (Å²) in [5.74, 6) is 0.209. The van der Waals surface area contributed by atoms with Crippen LogP contribution in [0, 0.1) is 0 Å². The third kappa shape index (κ3) is 3.31. The van der Waals surface area contributed by atoms with Crippen molar-refractivity contribution < 1.29 is 8.42 Å². The molecule has 0 aromatic carbocycles. The molecule has 0 N–H and O–H groups in total. The molecule has 0 aliphatic heterocycles. The van der Waals surface area contributed by atoms with Crippen molar-refractivity contribution >= 4 is 10.0 Å². The van der Waals surface area contributed by atoms with Crippen LogP contribution < -0.4 is 0 Å². The summed E-state index contributed by atoms with van der Waals surface area (Å²) in [4.78, 5) is 0. The van der Waals surface area contributed by atoms with Gasteiger partial charge in [0.15, 0.2) is 0 Å². The van der Waals surface area contributed by atoms with E-state index in [0.717, 1.165) is 5.56 Å². The third-order valence-electron chi connectivity index (χ3n) is 2.33. The molecular formula is C10H19N3O2S. The van der Waals surface area contributed by atoms with Crippen LogP contribution in [-0.4, -0.2) is 34.8 Å². The van der Waals surface area contributed by atoms with Crippen LogP contribution in [0.1, 0.15) is 25.8 Å². The van der Waals surface area contributed by atoms with E-state index in [2.05, 4.69) is 5.10 Å². The Labute approximate surface area is 97.1 Å². The number of nitrogens with zero attached hydrogens (tertiary/aromatic N) is 3. The normalized spacial score (nSPS) is 12.2. The number of sulfonamides is 1. The van der Waals surface area contributed by atoms with E-state index in [1.165, 1.54) is 4.31 Å². The lowest BCUT2D eigenvalue weighted by Crippen LogP contribution is -2.32. The van der Waals surface area contributed by atoms with E-state index in [4.69, 9.17) is 0 Å². The molecular weight excluding hydrogens is 226 g/mol. The van der Waals surface area contributed by atoms with Gasteiger partial charge in [-0.2, -0.15) is 9.40 Å². The Morgan fingerprint density at radius 3 is 2.56 bits per heavy atom. The van der Waals surface area contributed by atoms with Gasteiger partial charge in [-0.15, -0.1) is 0 Å². The van der Waals surface area contributed by atoms with Crippen molar-refractivity contribution in [3.05, 3.63) is 18.0 Å². The Morgan fingerprint density at radius 1 is 1.44 bits per heavy atom. The molecule has 0 bridgehead atoms. The second kappa shape index (κ2) is 5.45. The van der Waals surface area contributed by atoms with Gasteiger partial charge in [0.05, 0.1) is 11.9 Å². The molecule has 6 heteroatoms. The standard InChI is InChI=1S/C10H19N3O2S/c1-4-6-16(14,15)13(5-2)9-10-7-11-12(3)8-10/h7-8H,4-6,9H2,1-3H3.